The van der Waals surface area contributed by atoms with E-state index in [4.69, 9.17) is 30.5 Å². The molecule has 5 N–H and O–H groups in total. The lowest BCUT2D eigenvalue weighted by Crippen LogP contribution is -2.40. The van der Waals surface area contributed by atoms with E-state index in [1.165, 1.54) is 5.57 Å². The minimum absolute atomic E-state index is 0.0253. The van der Waals surface area contributed by atoms with Crippen LogP contribution in [0.2, 0.25) is 0 Å². The van der Waals surface area contributed by atoms with Gasteiger partial charge in [0.1, 0.15) is 25.1 Å². The molecular weight excluding hydrogens is 440 g/mol. The number of nitrogens with two attached hydrogens (primary N) is 2. The number of ether oxygens (including phenoxy) is 3. The Labute approximate surface area is 199 Å². The third-order valence-electron chi connectivity index (χ3n) is 7.26. The predicted molar refractivity (Wildman–Crippen MR) is 121 cm³/mol. The Balaban J connectivity index is 1.50. The summed E-state index contributed by atoms with van der Waals surface area (Å²) in [6, 6.07) is 0.426. The molecule has 34 heavy (non-hydrogen) atoms. The van der Waals surface area contributed by atoms with Crippen LogP contribution in [-0.2, 0) is 9.57 Å². The minimum atomic E-state index is -0.401. The van der Waals surface area contributed by atoms with Crippen LogP contribution >= 0.6 is 0 Å². The first-order valence-electron chi connectivity index (χ1n) is 12.1. The van der Waals surface area contributed by atoms with Crippen LogP contribution in [0.4, 0.5) is 0 Å². The molecule has 5 atom stereocenters. The molecule has 4 unspecified atom stereocenters. The van der Waals surface area contributed by atoms with E-state index < -0.39 is 6.10 Å². The van der Waals surface area contributed by atoms with Crippen molar-refractivity contribution in [1.29, 1.82) is 0 Å². The molecule has 0 saturated heterocycles. The highest BCUT2D eigenvalue weighted by Gasteiger charge is 2.57. The van der Waals surface area contributed by atoms with E-state index in [0.717, 1.165) is 25.0 Å². The third kappa shape index (κ3) is 4.21. The Bertz CT molecular complexity index is 932. The number of aliphatic hydroxyl groups is 1. The van der Waals surface area contributed by atoms with Crippen molar-refractivity contribution in [2.45, 2.75) is 50.2 Å². The van der Waals surface area contributed by atoms with Crippen molar-refractivity contribution in [1.82, 2.24) is 20.0 Å². The zero-order valence-electron chi connectivity index (χ0n) is 19.6. The molecule has 1 fully saturated rings. The molecule has 11 nitrogen and oxygen atoms in total. The van der Waals surface area contributed by atoms with E-state index in [9.17, 15) is 5.11 Å². The molecule has 5 rings (SSSR count). The Morgan fingerprint density at radius 3 is 2.53 bits per heavy atom. The van der Waals surface area contributed by atoms with Gasteiger partial charge in [0.15, 0.2) is 0 Å². The van der Waals surface area contributed by atoms with Gasteiger partial charge in [0.25, 0.3) is 0 Å². The highest BCUT2D eigenvalue weighted by atomic mass is 16.7. The number of aromatic nitrogens is 3. The van der Waals surface area contributed by atoms with Crippen molar-refractivity contribution in [3.8, 4) is 12.0 Å². The van der Waals surface area contributed by atoms with Gasteiger partial charge in [0.2, 0.25) is 0 Å². The van der Waals surface area contributed by atoms with E-state index in [0.29, 0.717) is 51.5 Å². The molecule has 1 aromatic rings. The van der Waals surface area contributed by atoms with Crippen LogP contribution in [0.1, 0.15) is 43.8 Å². The summed E-state index contributed by atoms with van der Waals surface area (Å²) in [6.45, 7) is 2.01. The summed E-state index contributed by atoms with van der Waals surface area (Å²) in [5.41, 5.74) is 12.2. The lowest BCUT2D eigenvalue weighted by molar-refractivity contribution is -0.0967. The summed E-state index contributed by atoms with van der Waals surface area (Å²) < 4.78 is 17.7. The van der Waals surface area contributed by atoms with E-state index >= 15 is 0 Å². The molecule has 1 saturated carbocycles. The van der Waals surface area contributed by atoms with E-state index in [2.05, 4.69) is 21.0 Å². The third-order valence-corrected chi connectivity index (χ3v) is 7.26. The normalized spacial score (nSPS) is 32.1. The van der Waals surface area contributed by atoms with Crippen LogP contribution in [0.3, 0.4) is 0 Å². The number of hydroxylamine groups is 2. The molecule has 2 aliphatic heterocycles. The molecule has 4 aliphatic rings. The van der Waals surface area contributed by atoms with Crippen LogP contribution in [0.5, 0.6) is 12.0 Å². The zero-order valence-corrected chi connectivity index (χ0v) is 19.6. The summed E-state index contributed by atoms with van der Waals surface area (Å²) in [5.74, 6) is 1.81. The fraction of sp³-hybridized carbons (Fsp3) is 0.696. The maximum absolute atomic E-state index is 10.5. The van der Waals surface area contributed by atoms with Crippen LogP contribution in [0.25, 0.3) is 0 Å². The smallest absolute Gasteiger partial charge is 0.322 e. The molecule has 11 heteroatoms. The molecule has 3 heterocycles. The molecule has 0 amide bonds. The molecule has 0 aromatic carbocycles. The van der Waals surface area contributed by atoms with Crippen molar-refractivity contribution in [3.05, 3.63) is 29.4 Å². The van der Waals surface area contributed by atoms with Crippen LogP contribution in [0.15, 0.2) is 23.6 Å². The SMILES string of the molecule is CON1C=CC23CC(c4nc(OCCN)nc(OCCN)n4)CCC2OC2=C3C(C[C@@H](O)C2)C1. The van der Waals surface area contributed by atoms with E-state index in [1.54, 1.807) is 7.11 Å². The molecule has 1 aromatic heterocycles. The van der Waals surface area contributed by atoms with Crippen LogP contribution in [0, 0.1) is 11.3 Å². The molecular formula is C23H34N6O5. The Kier molecular flexibility index (Phi) is 6.61. The molecule has 0 bridgehead atoms. The van der Waals surface area contributed by atoms with Gasteiger partial charge in [-0.3, -0.25) is 9.90 Å². The van der Waals surface area contributed by atoms with Crippen LogP contribution < -0.4 is 20.9 Å². The van der Waals surface area contributed by atoms with Gasteiger partial charge in [0.05, 0.1) is 30.9 Å². The van der Waals surface area contributed by atoms with Gasteiger partial charge in [-0.15, -0.1) is 4.98 Å². The highest BCUT2D eigenvalue weighted by Crippen LogP contribution is 2.60. The number of aliphatic hydroxyl groups excluding tert-OH is 1. The van der Waals surface area contributed by atoms with Crippen molar-refractivity contribution in [2.75, 3.05) is 40.0 Å². The summed E-state index contributed by atoms with van der Waals surface area (Å²) in [5, 5.41) is 12.4. The first-order chi connectivity index (χ1) is 16.6. The minimum Gasteiger partial charge on any atom is -0.493 e. The van der Waals surface area contributed by atoms with Gasteiger partial charge in [-0.25, -0.2) is 0 Å². The van der Waals surface area contributed by atoms with Crippen molar-refractivity contribution in [3.63, 3.8) is 0 Å². The zero-order chi connectivity index (χ0) is 23.7. The second kappa shape index (κ2) is 9.65. The predicted octanol–water partition coefficient (Wildman–Crippen LogP) is 0.615. The number of rotatable bonds is 8. The topological polar surface area (TPSA) is 151 Å². The lowest BCUT2D eigenvalue weighted by atomic mass is 9.60. The van der Waals surface area contributed by atoms with Gasteiger partial charge in [-0.2, -0.15) is 9.97 Å². The fourth-order valence-corrected chi connectivity index (χ4v) is 5.95. The largest absolute Gasteiger partial charge is 0.493 e. The fourth-order valence-electron chi connectivity index (χ4n) is 5.95. The Morgan fingerprint density at radius 1 is 1.12 bits per heavy atom. The summed E-state index contributed by atoms with van der Waals surface area (Å²) >= 11 is 0. The second-order valence-corrected chi connectivity index (χ2v) is 9.38. The molecule has 186 valence electrons. The first kappa shape index (κ1) is 23.3. The van der Waals surface area contributed by atoms with Crippen LogP contribution in [-0.4, -0.2) is 77.3 Å². The van der Waals surface area contributed by atoms with Gasteiger partial charge in [0, 0.05) is 37.5 Å². The first-order valence-corrected chi connectivity index (χ1v) is 12.1. The monoisotopic (exact) mass is 474 g/mol. The van der Waals surface area contributed by atoms with E-state index in [1.807, 2.05) is 11.3 Å². The van der Waals surface area contributed by atoms with E-state index in [-0.39, 0.29) is 35.4 Å². The molecule has 1 spiro atoms. The molecule has 2 aliphatic carbocycles. The maximum atomic E-state index is 10.5. The van der Waals surface area contributed by atoms with Gasteiger partial charge >= 0.3 is 12.0 Å². The average Bonchev–Trinajstić information content (AvgIpc) is 3.07. The Morgan fingerprint density at radius 2 is 1.85 bits per heavy atom. The number of hydrogen-bond acceptors (Lipinski definition) is 11. The average molecular weight is 475 g/mol. The van der Waals surface area contributed by atoms with Gasteiger partial charge < -0.3 is 30.8 Å². The Hall–Kier alpha value is -2.47. The maximum Gasteiger partial charge on any atom is 0.322 e. The lowest BCUT2D eigenvalue weighted by Gasteiger charge is -2.42. The second-order valence-electron chi connectivity index (χ2n) is 9.38. The quantitative estimate of drug-likeness (QED) is 0.486. The van der Waals surface area contributed by atoms with Gasteiger partial charge in [-0.1, -0.05) is 6.08 Å². The highest BCUT2D eigenvalue weighted by molar-refractivity contribution is 5.39. The van der Waals surface area contributed by atoms with Gasteiger partial charge in [-0.05, 0) is 31.3 Å². The summed E-state index contributed by atoms with van der Waals surface area (Å²) in [4.78, 5) is 19.1. The van der Waals surface area contributed by atoms with Crippen molar-refractivity contribution < 1.29 is 24.2 Å². The van der Waals surface area contributed by atoms with Crippen molar-refractivity contribution in [2.24, 2.45) is 22.8 Å². The summed E-state index contributed by atoms with van der Waals surface area (Å²) in [6.07, 6.45) is 7.62. The van der Waals surface area contributed by atoms with Crippen molar-refractivity contribution >= 4 is 0 Å². The number of hydrogen-bond donors (Lipinski definition) is 3. The molecule has 0 radical (unpaired) electrons. The standard InChI is InChI=1S/C23H34N6O5/c1-31-29-7-4-23-12-14(20-26-21(32-8-5-24)28-22(27-20)33-9-6-25)2-3-18(23)34-17-11-16(30)10-15(13-29)19(17)23/h4,7,14-16,18,30H,2-3,5-6,8-13,24-25H2,1H3/t14?,15?,16-,18?,23?/m1/s1. The summed E-state index contributed by atoms with van der Waals surface area (Å²) in [7, 11) is 1.67. The number of nitrogens with zero attached hydrogens (tertiary/aromatic N) is 4.